The summed E-state index contributed by atoms with van der Waals surface area (Å²) >= 11 is 0. The summed E-state index contributed by atoms with van der Waals surface area (Å²) in [4.78, 5) is 21.9. The number of carbonyl (C=O) groups is 1. The SMILES string of the molecule is O=C1NCCNC1Cc1ccccc1[N+](=O)[O-]. The predicted octanol–water partition coefficient (Wildman–Crippen LogP) is 0.225. The van der Waals surface area contributed by atoms with Crippen LogP contribution in [0.4, 0.5) is 5.69 Å². The molecule has 1 atom stereocenters. The molecule has 17 heavy (non-hydrogen) atoms. The van der Waals surface area contributed by atoms with E-state index in [4.69, 9.17) is 0 Å². The fraction of sp³-hybridized carbons (Fsp3) is 0.364. The largest absolute Gasteiger partial charge is 0.353 e. The Morgan fingerprint density at radius 3 is 2.82 bits per heavy atom. The van der Waals surface area contributed by atoms with E-state index in [1.807, 2.05) is 0 Å². The van der Waals surface area contributed by atoms with Crippen LogP contribution in [0.25, 0.3) is 0 Å². The normalized spacial score (nSPS) is 19.8. The van der Waals surface area contributed by atoms with Gasteiger partial charge in [0.2, 0.25) is 5.91 Å². The molecule has 0 aliphatic carbocycles. The third kappa shape index (κ3) is 2.59. The van der Waals surface area contributed by atoms with E-state index in [0.717, 1.165) is 0 Å². The lowest BCUT2D eigenvalue weighted by Crippen LogP contribution is -2.53. The lowest BCUT2D eigenvalue weighted by atomic mass is 10.0. The van der Waals surface area contributed by atoms with Crippen LogP contribution in [-0.4, -0.2) is 30.0 Å². The highest BCUT2D eigenvalue weighted by Gasteiger charge is 2.24. The van der Waals surface area contributed by atoms with Crippen molar-refractivity contribution in [3.8, 4) is 0 Å². The monoisotopic (exact) mass is 235 g/mol. The van der Waals surface area contributed by atoms with Crippen molar-refractivity contribution in [3.05, 3.63) is 39.9 Å². The molecule has 1 amide bonds. The summed E-state index contributed by atoms with van der Waals surface area (Å²) in [6, 6.07) is 6.11. The van der Waals surface area contributed by atoms with E-state index in [1.54, 1.807) is 18.2 Å². The molecule has 2 N–H and O–H groups in total. The van der Waals surface area contributed by atoms with Gasteiger partial charge >= 0.3 is 0 Å². The van der Waals surface area contributed by atoms with Gasteiger partial charge in [-0.3, -0.25) is 14.9 Å². The minimum absolute atomic E-state index is 0.0627. The molecule has 1 saturated heterocycles. The van der Waals surface area contributed by atoms with Gasteiger partial charge in [0.05, 0.1) is 11.0 Å². The van der Waals surface area contributed by atoms with E-state index in [1.165, 1.54) is 6.07 Å². The number of amides is 1. The van der Waals surface area contributed by atoms with Gasteiger partial charge in [-0.2, -0.15) is 0 Å². The summed E-state index contributed by atoms with van der Waals surface area (Å²) in [7, 11) is 0. The van der Waals surface area contributed by atoms with Crippen molar-refractivity contribution in [3.63, 3.8) is 0 Å². The maximum absolute atomic E-state index is 11.5. The van der Waals surface area contributed by atoms with Gasteiger partial charge in [0.25, 0.3) is 5.69 Å². The van der Waals surface area contributed by atoms with E-state index < -0.39 is 4.92 Å². The van der Waals surface area contributed by atoms with Crippen LogP contribution >= 0.6 is 0 Å². The Morgan fingerprint density at radius 1 is 1.35 bits per heavy atom. The van der Waals surface area contributed by atoms with Crippen molar-refractivity contribution < 1.29 is 9.72 Å². The molecule has 6 heteroatoms. The number of para-hydroxylation sites is 1. The Kier molecular flexibility index (Phi) is 3.34. The van der Waals surface area contributed by atoms with E-state index in [9.17, 15) is 14.9 Å². The van der Waals surface area contributed by atoms with Gasteiger partial charge in [0, 0.05) is 31.1 Å². The molecule has 1 aromatic carbocycles. The van der Waals surface area contributed by atoms with Crippen LogP contribution in [-0.2, 0) is 11.2 Å². The molecule has 1 fully saturated rings. The number of rotatable bonds is 3. The molecule has 1 aliphatic heterocycles. The van der Waals surface area contributed by atoms with Crippen LogP contribution in [0.3, 0.4) is 0 Å². The number of nitrogens with one attached hydrogen (secondary N) is 2. The van der Waals surface area contributed by atoms with Crippen molar-refractivity contribution >= 4 is 11.6 Å². The highest BCUT2D eigenvalue weighted by atomic mass is 16.6. The summed E-state index contributed by atoms with van der Waals surface area (Å²) in [5, 5.41) is 16.6. The second kappa shape index (κ2) is 4.92. The first-order chi connectivity index (χ1) is 8.18. The van der Waals surface area contributed by atoms with Crippen LogP contribution in [0, 0.1) is 10.1 Å². The molecule has 0 spiro atoms. The minimum Gasteiger partial charge on any atom is -0.353 e. The summed E-state index contributed by atoms with van der Waals surface area (Å²) in [5.74, 6) is -0.102. The van der Waals surface area contributed by atoms with E-state index in [2.05, 4.69) is 10.6 Å². The molecule has 1 unspecified atom stereocenters. The highest BCUT2D eigenvalue weighted by molar-refractivity contribution is 5.82. The second-order valence-corrected chi connectivity index (χ2v) is 3.89. The topological polar surface area (TPSA) is 84.3 Å². The number of piperazine rings is 1. The molecule has 0 bridgehead atoms. The second-order valence-electron chi connectivity index (χ2n) is 3.89. The Morgan fingerprint density at radius 2 is 2.12 bits per heavy atom. The summed E-state index contributed by atoms with van der Waals surface area (Å²) in [6.45, 7) is 1.29. The first kappa shape index (κ1) is 11.5. The van der Waals surface area contributed by atoms with Gasteiger partial charge in [-0.25, -0.2) is 0 Å². The number of nitro benzene ring substituents is 1. The average Bonchev–Trinajstić information content (AvgIpc) is 2.32. The quantitative estimate of drug-likeness (QED) is 0.580. The van der Waals surface area contributed by atoms with Crippen molar-refractivity contribution in [2.45, 2.75) is 12.5 Å². The fourth-order valence-corrected chi connectivity index (χ4v) is 1.89. The lowest BCUT2D eigenvalue weighted by molar-refractivity contribution is -0.385. The standard InChI is InChI=1S/C11H13N3O3/c15-11-9(12-5-6-13-11)7-8-3-1-2-4-10(8)14(16)17/h1-4,9,12H,5-7H2,(H,13,15). The average molecular weight is 235 g/mol. The van der Waals surface area contributed by atoms with E-state index in [-0.39, 0.29) is 17.6 Å². The summed E-state index contributed by atoms with van der Waals surface area (Å²) < 4.78 is 0. The molecule has 1 heterocycles. The van der Waals surface area contributed by atoms with Gasteiger partial charge in [-0.1, -0.05) is 18.2 Å². The fourth-order valence-electron chi connectivity index (χ4n) is 1.89. The third-order valence-corrected chi connectivity index (χ3v) is 2.74. The first-order valence-corrected chi connectivity index (χ1v) is 5.42. The van der Waals surface area contributed by atoms with Crippen LogP contribution in [0.15, 0.2) is 24.3 Å². The van der Waals surface area contributed by atoms with Crippen LogP contribution in [0.1, 0.15) is 5.56 Å². The third-order valence-electron chi connectivity index (χ3n) is 2.74. The number of nitro groups is 1. The van der Waals surface area contributed by atoms with Gasteiger partial charge in [-0.15, -0.1) is 0 Å². The number of nitrogens with zero attached hydrogens (tertiary/aromatic N) is 1. The van der Waals surface area contributed by atoms with Crippen molar-refractivity contribution in [1.82, 2.24) is 10.6 Å². The summed E-state index contributed by atoms with van der Waals surface area (Å²) in [5.41, 5.74) is 0.639. The van der Waals surface area contributed by atoms with Crippen molar-refractivity contribution in [1.29, 1.82) is 0 Å². The molecular formula is C11H13N3O3. The molecular weight excluding hydrogens is 222 g/mol. The smallest absolute Gasteiger partial charge is 0.272 e. The van der Waals surface area contributed by atoms with Gasteiger partial charge in [0.15, 0.2) is 0 Å². The van der Waals surface area contributed by atoms with Gasteiger partial charge < -0.3 is 10.6 Å². The maximum atomic E-state index is 11.5. The number of hydrogen-bond acceptors (Lipinski definition) is 4. The first-order valence-electron chi connectivity index (χ1n) is 5.42. The molecule has 6 nitrogen and oxygen atoms in total. The molecule has 0 aromatic heterocycles. The molecule has 0 saturated carbocycles. The van der Waals surface area contributed by atoms with Crippen molar-refractivity contribution in [2.24, 2.45) is 0 Å². The molecule has 1 aliphatic rings. The Hall–Kier alpha value is -1.95. The predicted molar refractivity (Wildman–Crippen MR) is 61.6 cm³/mol. The zero-order valence-corrected chi connectivity index (χ0v) is 9.18. The Balaban J connectivity index is 2.17. The Bertz CT molecular complexity index is 447. The number of hydrogen-bond donors (Lipinski definition) is 2. The van der Waals surface area contributed by atoms with Crippen molar-refractivity contribution in [2.75, 3.05) is 13.1 Å². The zero-order chi connectivity index (χ0) is 12.3. The molecule has 1 aromatic rings. The van der Waals surface area contributed by atoms with Gasteiger partial charge in [0.1, 0.15) is 0 Å². The van der Waals surface area contributed by atoms with Crippen LogP contribution < -0.4 is 10.6 Å². The van der Waals surface area contributed by atoms with Crippen LogP contribution in [0.5, 0.6) is 0 Å². The molecule has 0 radical (unpaired) electrons. The highest BCUT2D eigenvalue weighted by Crippen LogP contribution is 2.19. The number of carbonyl (C=O) groups excluding carboxylic acids is 1. The molecule has 2 rings (SSSR count). The van der Waals surface area contributed by atoms with E-state index in [0.29, 0.717) is 25.1 Å². The minimum atomic E-state index is -0.421. The maximum Gasteiger partial charge on any atom is 0.272 e. The number of benzene rings is 1. The molecule has 90 valence electrons. The zero-order valence-electron chi connectivity index (χ0n) is 9.18. The van der Waals surface area contributed by atoms with E-state index >= 15 is 0 Å². The lowest BCUT2D eigenvalue weighted by Gasteiger charge is -2.23. The van der Waals surface area contributed by atoms with Gasteiger partial charge in [-0.05, 0) is 0 Å². The summed E-state index contributed by atoms with van der Waals surface area (Å²) in [6.07, 6.45) is 0.336. The van der Waals surface area contributed by atoms with Crippen LogP contribution in [0.2, 0.25) is 0 Å². The Labute approximate surface area is 98.2 Å².